The third-order valence-electron chi connectivity index (χ3n) is 5.90. The summed E-state index contributed by atoms with van der Waals surface area (Å²) in [7, 11) is 0. The second-order valence-corrected chi connectivity index (χ2v) is 8.31. The van der Waals surface area contributed by atoms with Gasteiger partial charge in [-0.3, -0.25) is 0 Å². The molecule has 0 aliphatic carbocycles. The van der Waals surface area contributed by atoms with Crippen LogP contribution in [-0.2, 0) is 0 Å². The van der Waals surface area contributed by atoms with Crippen molar-refractivity contribution in [3.63, 3.8) is 0 Å². The smallest absolute Gasteiger partial charge is 0.200 e. The molecule has 0 saturated heterocycles. The van der Waals surface area contributed by atoms with Crippen LogP contribution < -0.4 is 10.7 Å². The van der Waals surface area contributed by atoms with Crippen LogP contribution in [0.15, 0.2) is 33.5 Å². The third kappa shape index (κ3) is 4.26. The summed E-state index contributed by atoms with van der Waals surface area (Å²) in [6, 6.07) is 6.68. The van der Waals surface area contributed by atoms with Crippen LogP contribution in [0.3, 0.4) is 0 Å². The summed E-state index contributed by atoms with van der Waals surface area (Å²) in [6.07, 6.45) is 0. The van der Waals surface area contributed by atoms with Gasteiger partial charge in [0, 0.05) is 5.56 Å². The number of hydrogen-bond donors (Lipinski definition) is 0. The lowest BCUT2D eigenvalue weighted by Gasteiger charge is -2.12. The Balaban J connectivity index is 1.93. The summed E-state index contributed by atoms with van der Waals surface area (Å²) < 4.78 is 142. The molecule has 0 amide bonds. The number of halogens is 10. The monoisotopic (exact) mass is 616 g/mol. The first-order valence-electron chi connectivity index (χ1n) is 11.2. The average Bonchev–Trinajstić information content (AvgIpc) is 3.45. The van der Waals surface area contributed by atoms with Crippen molar-refractivity contribution < 1.29 is 43.9 Å². The van der Waals surface area contributed by atoms with E-state index in [1.165, 1.54) is 12.1 Å². The number of nitrogens with zero attached hydrogens (tertiary/aromatic N) is 8. The Morgan fingerprint density at radius 3 is 1.34 bits per heavy atom. The lowest BCUT2D eigenvalue weighted by atomic mass is 10.1. The zero-order valence-electron chi connectivity index (χ0n) is 20.5. The number of aromatic nitrogens is 3. The van der Waals surface area contributed by atoms with E-state index in [9.17, 15) is 49.2 Å². The maximum absolute atomic E-state index is 14.7. The molecule has 0 bridgehead atoms. The van der Waals surface area contributed by atoms with Crippen molar-refractivity contribution >= 4 is 0 Å². The van der Waals surface area contributed by atoms with Crippen molar-refractivity contribution in [2.24, 2.45) is 9.98 Å². The Labute approximate surface area is 235 Å². The van der Waals surface area contributed by atoms with Gasteiger partial charge in [0.15, 0.2) is 75.4 Å². The Kier molecular flexibility index (Phi) is 7.03. The van der Waals surface area contributed by atoms with E-state index in [4.69, 9.17) is 10.5 Å². The van der Waals surface area contributed by atoms with E-state index >= 15 is 0 Å². The molecule has 3 aromatic carbocycles. The molecule has 0 saturated carbocycles. The lowest BCUT2D eigenvalue weighted by Crippen LogP contribution is -2.25. The highest BCUT2D eigenvalue weighted by molar-refractivity contribution is 5.71. The molecule has 44 heavy (non-hydrogen) atoms. The number of rotatable bonds is 3. The van der Waals surface area contributed by atoms with E-state index in [2.05, 4.69) is 24.9 Å². The summed E-state index contributed by atoms with van der Waals surface area (Å²) in [5.41, 5.74) is -5.47. The zero-order valence-corrected chi connectivity index (χ0v) is 20.5. The molecule has 2 heterocycles. The van der Waals surface area contributed by atoms with E-state index in [-0.39, 0.29) is 10.7 Å². The molecule has 0 spiro atoms. The number of benzene rings is 3. The summed E-state index contributed by atoms with van der Waals surface area (Å²) in [5.74, 6) is -29.9. The van der Waals surface area contributed by atoms with Crippen LogP contribution in [0.2, 0.25) is 0 Å². The number of nitriles is 3. The topological polar surface area (TPSA) is 135 Å². The van der Waals surface area contributed by atoms with E-state index in [0.29, 0.717) is 0 Å². The van der Waals surface area contributed by atoms with Gasteiger partial charge in [0.1, 0.15) is 23.6 Å². The summed E-state index contributed by atoms with van der Waals surface area (Å²) in [6.45, 7) is 0. The van der Waals surface area contributed by atoms with E-state index < -0.39 is 109 Å². The Morgan fingerprint density at radius 2 is 0.932 bits per heavy atom. The quantitative estimate of drug-likeness (QED) is 0.142. The molecule has 0 N–H and O–H groups in total. The predicted molar refractivity (Wildman–Crippen MR) is 121 cm³/mol. The summed E-state index contributed by atoms with van der Waals surface area (Å²) in [4.78, 5) is 18.2. The Hall–Kier alpha value is -6.22. The second kappa shape index (κ2) is 10.6. The number of allylic oxidation sites excluding steroid dienone is 1. The van der Waals surface area contributed by atoms with Crippen LogP contribution in [0.5, 0.6) is 0 Å². The molecule has 18 heteroatoms. The summed E-state index contributed by atoms with van der Waals surface area (Å²) >= 11 is 0. The lowest BCUT2D eigenvalue weighted by molar-refractivity contribution is 0.380. The van der Waals surface area contributed by atoms with Gasteiger partial charge in [-0.05, 0) is 12.1 Å². The van der Waals surface area contributed by atoms with E-state index in [1.54, 1.807) is 6.07 Å². The van der Waals surface area contributed by atoms with Gasteiger partial charge in [0.2, 0.25) is 11.6 Å². The van der Waals surface area contributed by atoms with Crippen LogP contribution in [0.25, 0.3) is 34.2 Å². The Morgan fingerprint density at radius 1 is 0.523 bits per heavy atom. The minimum Gasteiger partial charge on any atom is -0.225 e. The first-order valence-corrected chi connectivity index (χ1v) is 11.2. The first-order chi connectivity index (χ1) is 20.9. The average molecular weight is 616 g/mol. The van der Waals surface area contributed by atoms with E-state index in [1.807, 2.05) is 0 Å². The van der Waals surface area contributed by atoms with Crippen molar-refractivity contribution in [1.82, 2.24) is 15.0 Å². The Bertz CT molecular complexity index is 2120. The van der Waals surface area contributed by atoms with Crippen LogP contribution >= 0.6 is 0 Å². The highest BCUT2D eigenvalue weighted by atomic mass is 19.2. The molecule has 0 atom stereocenters. The minimum absolute atomic E-state index is 0.114. The van der Waals surface area contributed by atoms with Crippen molar-refractivity contribution in [2.75, 3.05) is 0 Å². The van der Waals surface area contributed by atoms with Gasteiger partial charge < -0.3 is 0 Å². The van der Waals surface area contributed by atoms with E-state index in [0.717, 1.165) is 12.1 Å². The maximum Gasteiger partial charge on any atom is 0.200 e. The van der Waals surface area contributed by atoms with Crippen LogP contribution in [-0.4, -0.2) is 15.0 Å². The highest BCUT2D eigenvalue weighted by Crippen LogP contribution is 2.35. The van der Waals surface area contributed by atoms with Gasteiger partial charge in [-0.25, -0.2) is 68.8 Å². The number of hydrogen-bond acceptors (Lipinski definition) is 8. The minimum atomic E-state index is -2.60. The van der Waals surface area contributed by atoms with Crippen LogP contribution in [0.4, 0.5) is 43.9 Å². The van der Waals surface area contributed by atoms with Crippen molar-refractivity contribution in [3.05, 3.63) is 98.0 Å². The fourth-order valence-corrected chi connectivity index (χ4v) is 3.89. The maximum atomic E-state index is 14.7. The molecule has 0 radical (unpaired) electrons. The molecule has 4 aromatic rings. The van der Waals surface area contributed by atoms with Gasteiger partial charge in [-0.15, -0.1) is 0 Å². The summed E-state index contributed by atoms with van der Waals surface area (Å²) in [5, 5.41) is 27.6. The van der Waals surface area contributed by atoms with Crippen molar-refractivity contribution in [1.29, 1.82) is 15.8 Å². The van der Waals surface area contributed by atoms with Gasteiger partial charge in [0.05, 0.1) is 22.0 Å². The molecule has 0 unspecified atom stereocenters. The molecular formula is C26H2F10N8. The van der Waals surface area contributed by atoms with Crippen molar-refractivity contribution in [3.8, 4) is 52.4 Å². The largest absolute Gasteiger partial charge is 0.225 e. The highest BCUT2D eigenvalue weighted by Gasteiger charge is 2.32. The first kappa shape index (κ1) is 29.3. The second-order valence-electron chi connectivity index (χ2n) is 8.31. The molecule has 8 nitrogen and oxygen atoms in total. The van der Waals surface area contributed by atoms with Gasteiger partial charge in [0.25, 0.3) is 0 Å². The standard InChI is InChI=1S/C26H2F10N8/c27-12-10(13(28)17(32)20(35)16(12)31)25-42-24(43-26(44-25)11-14(29)18(33)21(36)19(34)15(11)30)7-1-2-9-22(8(7)5-39)41-23(40-9)6(3-37)4-38/h1-2H. The normalized spacial score (nSPS) is 11.7. The molecule has 0 fully saturated rings. The fourth-order valence-electron chi connectivity index (χ4n) is 3.89. The zero-order chi connectivity index (χ0) is 32.2. The molecule has 1 aliphatic rings. The molecule has 1 aromatic heterocycles. The van der Waals surface area contributed by atoms with Crippen molar-refractivity contribution in [2.45, 2.75) is 0 Å². The molecular weight excluding hydrogens is 614 g/mol. The molecule has 1 aliphatic heterocycles. The van der Waals surface area contributed by atoms with Gasteiger partial charge >= 0.3 is 0 Å². The molecule has 216 valence electrons. The van der Waals surface area contributed by atoms with Gasteiger partial charge in [-0.1, -0.05) is 0 Å². The molecule has 5 rings (SSSR count). The number of fused-ring (bicyclic) bond motifs is 1. The SMILES string of the molecule is N#CC(C#N)=C1N=c2ccc(-c3nc(-c4c(F)c(F)c(F)c(F)c4F)nc(-c4c(F)c(F)c(F)c(F)c4F)n3)c(C#N)c2=N1. The third-order valence-corrected chi connectivity index (χ3v) is 5.90. The fraction of sp³-hybridized carbons (Fsp3) is 0. The van der Waals surface area contributed by atoms with Crippen LogP contribution in [0.1, 0.15) is 5.56 Å². The van der Waals surface area contributed by atoms with Crippen LogP contribution in [0, 0.1) is 92.2 Å². The predicted octanol–water partition coefficient (Wildman–Crippen LogP) is 4.65. The van der Waals surface area contributed by atoms with Gasteiger partial charge in [-0.2, -0.15) is 15.8 Å².